The summed E-state index contributed by atoms with van der Waals surface area (Å²) in [7, 11) is 3.16. The number of amides is 2. The Hall–Kier alpha value is -3.27. The van der Waals surface area contributed by atoms with Gasteiger partial charge < -0.3 is 34.2 Å². The number of nitrogens with zero attached hydrogens (tertiary/aromatic N) is 5. The second-order valence-electron chi connectivity index (χ2n) is 7.74. The lowest BCUT2D eigenvalue weighted by Crippen LogP contribution is -2.50. The second kappa shape index (κ2) is 9.90. The average Bonchev–Trinajstić information content (AvgIpc) is 2.84. The molecule has 2 aromatic rings. The maximum absolute atomic E-state index is 12.8. The highest BCUT2D eigenvalue weighted by Crippen LogP contribution is 2.29. The molecule has 0 saturated carbocycles. The van der Waals surface area contributed by atoms with Crippen LogP contribution in [0.1, 0.15) is 5.69 Å². The first-order valence-corrected chi connectivity index (χ1v) is 10.8. The molecule has 172 valence electrons. The number of nitrogens with one attached hydrogen (secondary N) is 1. The highest BCUT2D eigenvalue weighted by atomic mass is 16.5. The van der Waals surface area contributed by atoms with Crippen molar-refractivity contribution >= 4 is 23.5 Å². The van der Waals surface area contributed by atoms with Gasteiger partial charge in [0.2, 0.25) is 5.95 Å². The van der Waals surface area contributed by atoms with Crippen LogP contribution in [0, 0.1) is 6.92 Å². The van der Waals surface area contributed by atoms with Crippen molar-refractivity contribution in [2.24, 2.45) is 0 Å². The maximum atomic E-state index is 12.8. The summed E-state index contributed by atoms with van der Waals surface area (Å²) in [5.74, 6) is 2.87. The van der Waals surface area contributed by atoms with Crippen molar-refractivity contribution in [3.63, 3.8) is 0 Å². The molecule has 4 rings (SSSR count). The molecule has 0 bridgehead atoms. The van der Waals surface area contributed by atoms with Gasteiger partial charge in [0, 0.05) is 57.1 Å². The van der Waals surface area contributed by atoms with E-state index in [1.54, 1.807) is 37.3 Å². The number of carbonyl (C=O) groups is 1. The molecule has 1 aromatic heterocycles. The minimum atomic E-state index is -0.152. The van der Waals surface area contributed by atoms with Gasteiger partial charge in [0.15, 0.2) is 0 Å². The van der Waals surface area contributed by atoms with Gasteiger partial charge in [0.05, 0.1) is 33.1 Å². The minimum absolute atomic E-state index is 0.152. The summed E-state index contributed by atoms with van der Waals surface area (Å²) in [4.78, 5) is 28.4. The van der Waals surface area contributed by atoms with Crippen LogP contribution in [-0.2, 0) is 4.74 Å². The molecule has 32 heavy (non-hydrogen) atoms. The first kappa shape index (κ1) is 21.9. The van der Waals surface area contributed by atoms with Crippen molar-refractivity contribution in [3.05, 3.63) is 30.0 Å². The number of hydrogen-bond acceptors (Lipinski definition) is 8. The first-order chi connectivity index (χ1) is 15.6. The monoisotopic (exact) mass is 442 g/mol. The van der Waals surface area contributed by atoms with E-state index in [0.29, 0.717) is 56.6 Å². The van der Waals surface area contributed by atoms with Crippen molar-refractivity contribution in [2.45, 2.75) is 6.92 Å². The lowest BCUT2D eigenvalue weighted by Gasteiger charge is -2.36. The topological polar surface area (TPSA) is 92.3 Å². The van der Waals surface area contributed by atoms with E-state index in [4.69, 9.17) is 19.2 Å². The SMILES string of the molecule is COc1ccc(NC(=O)N2CCN(c3cc(C)nc(N4CCOCC4)n3)CC2)c(OC)c1. The van der Waals surface area contributed by atoms with E-state index in [0.717, 1.165) is 30.5 Å². The van der Waals surface area contributed by atoms with E-state index >= 15 is 0 Å². The molecule has 0 aliphatic carbocycles. The molecule has 0 spiro atoms. The number of carbonyl (C=O) groups excluding carboxylic acids is 1. The van der Waals surface area contributed by atoms with Gasteiger partial charge in [-0.1, -0.05) is 0 Å². The predicted molar refractivity (Wildman–Crippen MR) is 122 cm³/mol. The zero-order valence-electron chi connectivity index (χ0n) is 18.8. The van der Waals surface area contributed by atoms with Crippen LogP contribution in [0.5, 0.6) is 11.5 Å². The van der Waals surface area contributed by atoms with Crippen LogP contribution in [-0.4, -0.2) is 87.6 Å². The first-order valence-electron chi connectivity index (χ1n) is 10.8. The number of ether oxygens (including phenoxy) is 3. The molecule has 0 unspecified atom stereocenters. The van der Waals surface area contributed by atoms with E-state index in [-0.39, 0.29) is 6.03 Å². The zero-order valence-corrected chi connectivity index (χ0v) is 18.8. The van der Waals surface area contributed by atoms with E-state index < -0.39 is 0 Å². The number of morpholine rings is 1. The second-order valence-corrected chi connectivity index (χ2v) is 7.74. The van der Waals surface area contributed by atoms with Crippen molar-refractivity contribution in [3.8, 4) is 11.5 Å². The third-order valence-corrected chi connectivity index (χ3v) is 5.66. The highest BCUT2D eigenvalue weighted by Gasteiger charge is 2.24. The summed E-state index contributed by atoms with van der Waals surface area (Å²) >= 11 is 0. The molecular weight excluding hydrogens is 412 g/mol. The van der Waals surface area contributed by atoms with Crippen LogP contribution in [0.25, 0.3) is 0 Å². The highest BCUT2D eigenvalue weighted by molar-refractivity contribution is 5.91. The van der Waals surface area contributed by atoms with Gasteiger partial charge >= 0.3 is 6.03 Å². The third-order valence-electron chi connectivity index (χ3n) is 5.66. The lowest BCUT2D eigenvalue weighted by molar-refractivity contribution is 0.122. The molecule has 2 fully saturated rings. The van der Waals surface area contributed by atoms with Crippen LogP contribution >= 0.6 is 0 Å². The fourth-order valence-electron chi connectivity index (χ4n) is 3.84. The molecule has 3 heterocycles. The van der Waals surface area contributed by atoms with Crippen molar-refractivity contribution in [2.75, 3.05) is 81.8 Å². The fourth-order valence-corrected chi connectivity index (χ4v) is 3.84. The molecule has 10 heteroatoms. The molecule has 2 aliphatic heterocycles. The molecule has 0 atom stereocenters. The van der Waals surface area contributed by atoms with Crippen LogP contribution in [0.3, 0.4) is 0 Å². The molecule has 1 N–H and O–H groups in total. The standard InChI is InChI=1S/C22H30N6O4/c1-16-14-20(25-21(23-16)27-10-12-32-13-11-27)26-6-8-28(9-7-26)22(29)24-18-5-4-17(30-2)15-19(18)31-3/h4-5,14-15H,6-13H2,1-3H3,(H,24,29). The number of anilines is 3. The number of rotatable bonds is 5. The average molecular weight is 443 g/mol. The Morgan fingerprint density at radius 1 is 0.969 bits per heavy atom. The number of aryl methyl sites for hydroxylation is 1. The van der Waals surface area contributed by atoms with E-state index in [2.05, 4.69) is 20.1 Å². The van der Waals surface area contributed by atoms with Gasteiger partial charge in [-0.2, -0.15) is 4.98 Å². The number of urea groups is 1. The van der Waals surface area contributed by atoms with Crippen molar-refractivity contribution in [1.29, 1.82) is 0 Å². The summed E-state index contributed by atoms with van der Waals surface area (Å²) in [6, 6.07) is 7.17. The minimum Gasteiger partial charge on any atom is -0.497 e. The summed E-state index contributed by atoms with van der Waals surface area (Å²) in [6.45, 7) is 7.57. The van der Waals surface area contributed by atoms with Gasteiger partial charge in [-0.05, 0) is 19.1 Å². The Balaban J connectivity index is 1.38. The Morgan fingerprint density at radius 2 is 1.72 bits per heavy atom. The maximum Gasteiger partial charge on any atom is 0.322 e. The predicted octanol–water partition coefficient (Wildman–Crippen LogP) is 1.99. The van der Waals surface area contributed by atoms with Gasteiger partial charge in [-0.25, -0.2) is 9.78 Å². The smallest absolute Gasteiger partial charge is 0.322 e. The Bertz CT molecular complexity index is 942. The molecule has 10 nitrogen and oxygen atoms in total. The largest absolute Gasteiger partial charge is 0.497 e. The Labute approximate surface area is 188 Å². The summed E-state index contributed by atoms with van der Waals surface area (Å²) in [5.41, 5.74) is 1.55. The van der Waals surface area contributed by atoms with Crippen LogP contribution in [0.15, 0.2) is 24.3 Å². The Kier molecular flexibility index (Phi) is 6.79. The van der Waals surface area contributed by atoms with E-state index in [9.17, 15) is 4.79 Å². The van der Waals surface area contributed by atoms with Crippen molar-refractivity contribution in [1.82, 2.24) is 14.9 Å². The lowest BCUT2D eigenvalue weighted by atomic mass is 10.2. The third kappa shape index (κ3) is 4.96. The van der Waals surface area contributed by atoms with E-state index in [1.807, 2.05) is 13.0 Å². The van der Waals surface area contributed by atoms with E-state index in [1.165, 1.54) is 0 Å². The van der Waals surface area contributed by atoms with Crippen LogP contribution in [0.2, 0.25) is 0 Å². The fraction of sp³-hybridized carbons (Fsp3) is 0.500. The van der Waals surface area contributed by atoms with Crippen LogP contribution in [0.4, 0.5) is 22.2 Å². The molecule has 2 aliphatic rings. The number of piperazine rings is 1. The van der Waals surface area contributed by atoms with Gasteiger partial charge in [0.25, 0.3) is 0 Å². The van der Waals surface area contributed by atoms with Crippen molar-refractivity contribution < 1.29 is 19.0 Å². The number of methoxy groups -OCH3 is 2. The van der Waals surface area contributed by atoms with Gasteiger partial charge in [-0.3, -0.25) is 0 Å². The molecule has 0 radical (unpaired) electrons. The molecule has 2 amide bonds. The molecule has 1 aromatic carbocycles. The van der Waals surface area contributed by atoms with Gasteiger partial charge in [-0.15, -0.1) is 0 Å². The summed E-state index contributed by atoms with van der Waals surface area (Å²) < 4.78 is 16.0. The quantitative estimate of drug-likeness (QED) is 0.752. The summed E-state index contributed by atoms with van der Waals surface area (Å²) in [6.07, 6.45) is 0. The van der Waals surface area contributed by atoms with Gasteiger partial charge in [0.1, 0.15) is 17.3 Å². The number of aromatic nitrogens is 2. The molecule has 2 saturated heterocycles. The zero-order chi connectivity index (χ0) is 22.5. The van der Waals surface area contributed by atoms with Crippen LogP contribution < -0.4 is 24.6 Å². The Morgan fingerprint density at radius 3 is 2.41 bits per heavy atom. The number of hydrogen-bond donors (Lipinski definition) is 1. The molecular formula is C22H30N6O4. The normalized spacial score (nSPS) is 16.7. The summed E-state index contributed by atoms with van der Waals surface area (Å²) in [5, 5.41) is 2.94. The number of benzene rings is 1.